The minimum atomic E-state index is -0.715. The number of nitrogens with one attached hydrogen (secondary N) is 2. The molecule has 0 spiro atoms. The number of hydrogen-bond acceptors (Lipinski definition) is 6. The van der Waals surface area contributed by atoms with Crippen LogP contribution in [0.2, 0.25) is 0 Å². The highest BCUT2D eigenvalue weighted by molar-refractivity contribution is 6.00. The molecule has 1 fully saturated rings. The first kappa shape index (κ1) is 21.5. The average molecular weight is 434 g/mol. The summed E-state index contributed by atoms with van der Waals surface area (Å²) in [5.41, 5.74) is 3.78. The minimum Gasteiger partial charge on any atom is -0.481 e. The summed E-state index contributed by atoms with van der Waals surface area (Å²) in [6.45, 7) is 2.00. The van der Waals surface area contributed by atoms with Crippen molar-refractivity contribution in [1.82, 2.24) is 10.2 Å². The summed E-state index contributed by atoms with van der Waals surface area (Å²) in [6.07, 6.45) is 4.11. The SMILES string of the molecule is Cc1ccc(Nc2nnc(C(=O)Nc3ccc([C@H]4CC[C@H](CC(=O)O)CC4)cc3)o2)cc1. The third-order valence-corrected chi connectivity index (χ3v) is 5.87. The van der Waals surface area contributed by atoms with Gasteiger partial charge < -0.3 is 20.2 Å². The molecule has 8 nitrogen and oxygen atoms in total. The van der Waals surface area contributed by atoms with E-state index in [0.717, 1.165) is 36.9 Å². The predicted octanol–water partition coefficient (Wildman–Crippen LogP) is 5.12. The lowest BCUT2D eigenvalue weighted by Crippen LogP contribution is -2.16. The van der Waals surface area contributed by atoms with E-state index >= 15 is 0 Å². The van der Waals surface area contributed by atoms with Crippen molar-refractivity contribution in [2.45, 2.75) is 44.9 Å². The second-order valence-corrected chi connectivity index (χ2v) is 8.30. The van der Waals surface area contributed by atoms with Crippen LogP contribution in [0.5, 0.6) is 0 Å². The number of hydrogen-bond donors (Lipinski definition) is 3. The number of carboxylic acids is 1. The summed E-state index contributed by atoms with van der Waals surface area (Å²) in [4.78, 5) is 23.3. The van der Waals surface area contributed by atoms with Crippen molar-refractivity contribution in [3.8, 4) is 0 Å². The molecule has 8 heteroatoms. The zero-order valence-electron chi connectivity index (χ0n) is 17.9. The second-order valence-electron chi connectivity index (χ2n) is 8.30. The molecule has 2 aromatic carbocycles. The first-order chi connectivity index (χ1) is 15.5. The number of nitrogens with zero attached hydrogens (tertiary/aromatic N) is 2. The van der Waals surface area contributed by atoms with E-state index in [4.69, 9.17) is 9.52 Å². The highest BCUT2D eigenvalue weighted by Crippen LogP contribution is 2.37. The van der Waals surface area contributed by atoms with Gasteiger partial charge in [-0.05, 0) is 74.3 Å². The quantitative estimate of drug-likeness (QED) is 0.472. The van der Waals surface area contributed by atoms with Crippen LogP contribution in [0.1, 0.15) is 59.8 Å². The third kappa shape index (κ3) is 5.51. The van der Waals surface area contributed by atoms with Gasteiger partial charge in [-0.3, -0.25) is 9.59 Å². The van der Waals surface area contributed by atoms with Crippen LogP contribution in [-0.2, 0) is 4.79 Å². The largest absolute Gasteiger partial charge is 0.481 e. The molecule has 0 atom stereocenters. The van der Waals surface area contributed by atoms with Crippen LogP contribution in [0, 0.1) is 12.8 Å². The van der Waals surface area contributed by atoms with Crippen LogP contribution >= 0.6 is 0 Å². The molecule has 1 aromatic heterocycles. The van der Waals surface area contributed by atoms with Gasteiger partial charge in [-0.2, -0.15) is 0 Å². The maximum atomic E-state index is 12.5. The number of amides is 1. The van der Waals surface area contributed by atoms with Crippen molar-refractivity contribution >= 4 is 29.3 Å². The number of rotatable bonds is 7. The van der Waals surface area contributed by atoms with Gasteiger partial charge in [-0.15, -0.1) is 5.10 Å². The number of aliphatic carboxylic acids is 1. The standard InChI is InChI=1S/C24H26N4O4/c1-15-2-10-20(11-3-15)26-24-28-27-23(32-24)22(31)25-19-12-8-18(9-13-19)17-6-4-16(5-7-17)14-21(29)30/h2-3,8-13,16-17H,4-7,14H2,1H3,(H,25,31)(H,26,28)(H,29,30)/t16-,17-. The van der Waals surface area contributed by atoms with E-state index < -0.39 is 11.9 Å². The lowest BCUT2D eigenvalue weighted by Gasteiger charge is -2.28. The van der Waals surface area contributed by atoms with E-state index in [0.29, 0.717) is 11.6 Å². The molecule has 1 saturated carbocycles. The molecule has 4 rings (SSSR count). The molecule has 0 radical (unpaired) electrons. The highest BCUT2D eigenvalue weighted by atomic mass is 16.4. The molecular weight excluding hydrogens is 408 g/mol. The summed E-state index contributed by atoms with van der Waals surface area (Å²) in [7, 11) is 0. The van der Waals surface area contributed by atoms with Crippen molar-refractivity contribution in [3.05, 3.63) is 65.5 Å². The molecule has 1 aliphatic rings. The number of carbonyl (C=O) groups excluding carboxylic acids is 1. The average Bonchev–Trinajstić information content (AvgIpc) is 3.25. The monoisotopic (exact) mass is 434 g/mol. The van der Waals surface area contributed by atoms with E-state index in [2.05, 4.69) is 20.8 Å². The van der Waals surface area contributed by atoms with Gasteiger partial charge in [-0.25, -0.2) is 0 Å². The molecule has 3 aromatic rings. The van der Waals surface area contributed by atoms with E-state index in [1.807, 2.05) is 55.5 Å². The lowest BCUT2D eigenvalue weighted by molar-refractivity contribution is -0.138. The van der Waals surface area contributed by atoms with Crippen LogP contribution in [0.4, 0.5) is 17.4 Å². The molecule has 1 amide bonds. The maximum absolute atomic E-state index is 12.5. The molecular formula is C24H26N4O4. The van der Waals surface area contributed by atoms with E-state index in [-0.39, 0.29) is 24.2 Å². The Morgan fingerprint density at radius 2 is 1.62 bits per heavy atom. The van der Waals surface area contributed by atoms with Gasteiger partial charge in [0.2, 0.25) is 0 Å². The third-order valence-electron chi connectivity index (χ3n) is 5.87. The Morgan fingerprint density at radius 1 is 0.969 bits per heavy atom. The summed E-state index contributed by atoms with van der Waals surface area (Å²) in [5.74, 6) is -0.608. The lowest BCUT2D eigenvalue weighted by atomic mass is 9.77. The Balaban J connectivity index is 1.31. The Labute approximate surface area is 186 Å². The summed E-state index contributed by atoms with van der Waals surface area (Å²) in [5, 5.41) is 22.4. The van der Waals surface area contributed by atoms with Gasteiger partial charge in [0.05, 0.1) is 0 Å². The first-order valence-electron chi connectivity index (χ1n) is 10.8. The summed E-state index contributed by atoms with van der Waals surface area (Å²) < 4.78 is 5.42. The number of aryl methyl sites for hydroxylation is 1. The molecule has 166 valence electrons. The fourth-order valence-electron chi connectivity index (χ4n) is 4.10. The first-order valence-corrected chi connectivity index (χ1v) is 10.8. The van der Waals surface area contributed by atoms with Crippen LogP contribution in [-0.4, -0.2) is 27.2 Å². The molecule has 0 unspecified atom stereocenters. The normalized spacial score (nSPS) is 18.2. The van der Waals surface area contributed by atoms with Crippen molar-refractivity contribution in [2.24, 2.45) is 5.92 Å². The fourth-order valence-corrected chi connectivity index (χ4v) is 4.10. The number of aromatic nitrogens is 2. The highest BCUT2D eigenvalue weighted by Gasteiger charge is 2.24. The molecule has 0 aliphatic heterocycles. The number of carboxylic acid groups (broad SMARTS) is 1. The topological polar surface area (TPSA) is 117 Å². The zero-order valence-corrected chi connectivity index (χ0v) is 17.9. The molecule has 0 bridgehead atoms. The summed E-state index contributed by atoms with van der Waals surface area (Å²) in [6, 6.07) is 15.6. The van der Waals surface area contributed by atoms with Crippen LogP contribution in [0.3, 0.4) is 0 Å². The van der Waals surface area contributed by atoms with Crippen LogP contribution < -0.4 is 10.6 Å². The van der Waals surface area contributed by atoms with Crippen LogP contribution in [0.15, 0.2) is 52.9 Å². The fraction of sp³-hybridized carbons (Fsp3) is 0.333. The van der Waals surface area contributed by atoms with Gasteiger partial charge in [0, 0.05) is 17.8 Å². The van der Waals surface area contributed by atoms with Gasteiger partial charge in [0.1, 0.15) is 0 Å². The van der Waals surface area contributed by atoms with Gasteiger partial charge in [0.25, 0.3) is 0 Å². The number of anilines is 3. The zero-order chi connectivity index (χ0) is 22.5. The molecule has 32 heavy (non-hydrogen) atoms. The Morgan fingerprint density at radius 3 is 2.28 bits per heavy atom. The van der Waals surface area contributed by atoms with E-state index in [1.165, 1.54) is 5.56 Å². The Bertz CT molecular complexity index is 1070. The molecule has 1 aliphatic carbocycles. The molecule has 3 N–H and O–H groups in total. The van der Waals surface area contributed by atoms with E-state index in [9.17, 15) is 9.59 Å². The smallest absolute Gasteiger partial charge is 0.320 e. The predicted molar refractivity (Wildman–Crippen MR) is 120 cm³/mol. The molecule has 0 saturated heterocycles. The van der Waals surface area contributed by atoms with Gasteiger partial charge in [0.15, 0.2) is 0 Å². The van der Waals surface area contributed by atoms with Crippen molar-refractivity contribution in [1.29, 1.82) is 0 Å². The summed E-state index contributed by atoms with van der Waals surface area (Å²) >= 11 is 0. The second kappa shape index (κ2) is 9.64. The molecule has 1 heterocycles. The van der Waals surface area contributed by atoms with Gasteiger partial charge >= 0.3 is 23.8 Å². The van der Waals surface area contributed by atoms with E-state index in [1.54, 1.807) is 0 Å². The van der Waals surface area contributed by atoms with Crippen molar-refractivity contribution < 1.29 is 19.1 Å². The van der Waals surface area contributed by atoms with Crippen molar-refractivity contribution in [3.63, 3.8) is 0 Å². The number of benzene rings is 2. The Kier molecular flexibility index (Phi) is 6.49. The number of carbonyl (C=O) groups is 2. The van der Waals surface area contributed by atoms with Crippen molar-refractivity contribution in [2.75, 3.05) is 10.6 Å². The maximum Gasteiger partial charge on any atom is 0.320 e. The van der Waals surface area contributed by atoms with Gasteiger partial charge in [-0.1, -0.05) is 34.9 Å². The minimum absolute atomic E-state index is 0.125. The Hall–Kier alpha value is -3.68. The van der Waals surface area contributed by atoms with Crippen LogP contribution in [0.25, 0.3) is 0 Å².